The first kappa shape index (κ1) is 26.0. The third kappa shape index (κ3) is 7.45. The number of fused-ring (bicyclic) bond motifs is 1. The number of hydrogen-bond acceptors (Lipinski definition) is 10. The molecule has 2 N–H and O–H groups in total. The molecule has 196 valence electrons. The number of aliphatic imine (C=N–C) groups is 1. The quantitative estimate of drug-likeness (QED) is 0.344. The van der Waals surface area contributed by atoms with Crippen LogP contribution in [0.15, 0.2) is 58.6 Å². The van der Waals surface area contributed by atoms with Gasteiger partial charge in [-0.3, -0.25) is 14.6 Å². The third-order valence-corrected chi connectivity index (χ3v) is 7.84. The van der Waals surface area contributed by atoms with Crippen molar-refractivity contribution in [1.82, 2.24) is 25.3 Å². The Morgan fingerprint density at radius 3 is 2.55 bits per heavy atom. The zero-order valence-corrected chi connectivity index (χ0v) is 22.4. The molecule has 38 heavy (non-hydrogen) atoms. The second kappa shape index (κ2) is 12.7. The molecule has 0 saturated carbocycles. The Bertz CT molecular complexity index is 1320. The predicted molar refractivity (Wildman–Crippen MR) is 150 cm³/mol. The molecule has 0 unspecified atom stereocenters. The largest absolute Gasteiger partial charge is 0.327 e. The van der Waals surface area contributed by atoms with Crippen molar-refractivity contribution in [3.8, 4) is 0 Å². The highest BCUT2D eigenvalue weighted by Gasteiger charge is 2.24. The zero-order valence-electron chi connectivity index (χ0n) is 20.8. The summed E-state index contributed by atoms with van der Waals surface area (Å²) in [6, 6.07) is 13.2. The summed E-state index contributed by atoms with van der Waals surface area (Å²) in [5.74, 6) is 0.238. The number of amides is 2. The van der Waals surface area contributed by atoms with E-state index in [1.807, 2.05) is 42.6 Å². The first-order chi connectivity index (χ1) is 18.6. The van der Waals surface area contributed by atoms with Crippen molar-refractivity contribution in [1.29, 1.82) is 0 Å². The Labute approximate surface area is 229 Å². The number of unbranched alkanes of at least 4 members (excludes halogenated alkanes) is 1. The normalized spacial score (nSPS) is 14.5. The monoisotopic (exact) mass is 548 g/mol. The van der Waals surface area contributed by atoms with E-state index in [1.165, 1.54) is 11.3 Å². The lowest BCUT2D eigenvalue weighted by molar-refractivity contribution is -0.116. The molecule has 4 heterocycles. The van der Waals surface area contributed by atoms with Gasteiger partial charge in [-0.1, -0.05) is 53.4 Å². The minimum absolute atomic E-state index is 0.0924. The van der Waals surface area contributed by atoms with Crippen LogP contribution in [0.25, 0.3) is 0 Å². The van der Waals surface area contributed by atoms with Gasteiger partial charge in [0.05, 0.1) is 18.5 Å². The molecular formula is C26H28N8O2S2. The maximum Gasteiger partial charge on any atom is 0.231 e. The van der Waals surface area contributed by atoms with Crippen LogP contribution >= 0.6 is 23.1 Å². The predicted octanol–water partition coefficient (Wildman–Crippen LogP) is 4.05. The first-order valence-corrected chi connectivity index (χ1v) is 14.2. The standard InChI is InChI=1S/C26H28N8O2S2/c35-22(15-18-7-2-1-3-8-18)28-21-12-11-19(30-31-21)9-4-5-10-24-32-33-25(38-24)29-23(36)16-20-17-34-14-6-13-27-26(34)37-20/h1-3,7-8,11-12,17H,4-6,9-10,13-16H2,(H,28,31,35)(H,29,33,36). The van der Waals surface area contributed by atoms with E-state index in [-0.39, 0.29) is 11.8 Å². The van der Waals surface area contributed by atoms with Crippen LogP contribution in [0.2, 0.25) is 0 Å². The number of rotatable bonds is 11. The molecule has 2 aliphatic rings. The molecule has 1 aromatic carbocycles. The summed E-state index contributed by atoms with van der Waals surface area (Å²) < 4.78 is 0. The second-order valence-corrected chi connectivity index (χ2v) is 11.1. The molecule has 0 aliphatic carbocycles. The van der Waals surface area contributed by atoms with Gasteiger partial charge in [0.25, 0.3) is 0 Å². The number of amidine groups is 1. The van der Waals surface area contributed by atoms with E-state index in [0.29, 0.717) is 23.8 Å². The van der Waals surface area contributed by atoms with E-state index in [2.05, 4.69) is 40.9 Å². The minimum Gasteiger partial charge on any atom is -0.327 e. The average molecular weight is 549 g/mol. The van der Waals surface area contributed by atoms with Gasteiger partial charge in [0.2, 0.25) is 16.9 Å². The molecule has 10 nitrogen and oxygen atoms in total. The summed E-state index contributed by atoms with van der Waals surface area (Å²) in [5, 5.41) is 24.8. The van der Waals surface area contributed by atoms with Gasteiger partial charge in [-0.15, -0.1) is 15.3 Å². The average Bonchev–Trinajstić information content (AvgIpc) is 3.54. The SMILES string of the molecule is O=C(Cc1ccccc1)Nc1ccc(CCCCc2nnc(NC(=O)CC3=CN4CCCN=C4S3)s2)nn1. The van der Waals surface area contributed by atoms with Crippen LogP contribution in [-0.2, 0) is 28.9 Å². The van der Waals surface area contributed by atoms with Crippen LogP contribution in [0.4, 0.5) is 10.9 Å². The topological polar surface area (TPSA) is 125 Å². The molecule has 0 saturated heterocycles. The van der Waals surface area contributed by atoms with Crippen molar-refractivity contribution in [2.45, 2.75) is 44.9 Å². The second-order valence-electron chi connectivity index (χ2n) is 8.96. The number of anilines is 2. The van der Waals surface area contributed by atoms with E-state index in [1.54, 1.807) is 17.8 Å². The fourth-order valence-electron chi connectivity index (χ4n) is 4.05. The van der Waals surface area contributed by atoms with E-state index in [9.17, 15) is 9.59 Å². The van der Waals surface area contributed by atoms with E-state index in [0.717, 1.165) is 71.5 Å². The molecule has 0 atom stereocenters. The Kier molecular flexibility index (Phi) is 8.71. The lowest BCUT2D eigenvalue weighted by atomic mass is 10.1. The van der Waals surface area contributed by atoms with Crippen molar-refractivity contribution in [2.24, 2.45) is 4.99 Å². The summed E-state index contributed by atoms with van der Waals surface area (Å²) >= 11 is 2.98. The maximum absolute atomic E-state index is 12.4. The molecular weight excluding hydrogens is 520 g/mol. The lowest BCUT2D eigenvalue weighted by Crippen LogP contribution is -2.25. The maximum atomic E-state index is 12.4. The Morgan fingerprint density at radius 1 is 0.895 bits per heavy atom. The number of hydrogen-bond donors (Lipinski definition) is 2. The lowest BCUT2D eigenvalue weighted by Gasteiger charge is -2.19. The number of aromatic nitrogens is 4. The molecule has 2 aromatic heterocycles. The molecule has 0 fully saturated rings. The van der Waals surface area contributed by atoms with Crippen molar-refractivity contribution in [3.05, 3.63) is 69.8 Å². The number of benzene rings is 1. The van der Waals surface area contributed by atoms with Gasteiger partial charge in [-0.05, 0) is 43.4 Å². The summed E-state index contributed by atoms with van der Waals surface area (Å²) in [7, 11) is 0. The summed E-state index contributed by atoms with van der Waals surface area (Å²) in [6.45, 7) is 1.82. The van der Waals surface area contributed by atoms with Gasteiger partial charge < -0.3 is 15.5 Å². The highest BCUT2D eigenvalue weighted by Crippen LogP contribution is 2.32. The first-order valence-electron chi connectivity index (χ1n) is 12.6. The van der Waals surface area contributed by atoms with Crippen molar-refractivity contribution in [3.63, 3.8) is 0 Å². The highest BCUT2D eigenvalue weighted by molar-refractivity contribution is 8.17. The summed E-state index contributed by atoms with van der Waals surface area (Å²) in [5.41, 5.74) is 1.82. The van der Waals surface area contributed by atoms with E-state index < -0.39 is 0 Å². The molecule has 2 aliphatic heterocycles. The van der Waals surface area contributed by atoms with Crippen LogP contribution in [0, 0.1) is 0 Å². The van der Waals surface area contributed by atoms with Gasteiger partial charge in [-0.25, -0.2) is 0 Å². The third-order valence-electron chi connectivity index (χ3n) is 5.89. The van der Waals surface area contributed by atoms with E-state index >= 15 is 0 Å². The number of nitrogens with zero attached hydrogens (tertiary/aromatic N) is 6. The molecule has 0 radical (unpaired) electrons. The van der Waals surface area contributed by atoms with Crippen LogP contribution in [0.1, 0.15) is 41.9 Å². The van der Waals surface area contributed by atoms with Crippen LogP contribution in [0.3, 0.4) is 0 Å². The molecule has 3 aromatic rings. The fraction of sp³-hybridized carbons (Fsp3) is 0.346. The Hall–Kier alpha value is -3.64. The van der Waals surface area contributed by atoms with Crippen LogP contribution < -0.4 is 10.6 Å². The fourth-order valence-corrected chi connectivity index (χ4v) is 5.88. The van der Waals surface area contributed by atoms with Crippen molar-refractivity contribution >= 4 is 51.0 Å². The van der Waals surface area contributed by atoms with Crippen LogP contribution in [-0.4, -0.2) is 55.4 Å². The molecule has 0 bridgehead atoms. The van der Waals surface area contributed by atoms with Gasteiger partial charge >= 0.3 is 0 Å². The number of thioether (sulfide) groups is 1. The number of carbonyl (C=O) groups is 2. The van der Waals surface area contributed by atoms with Gasteiger partial charge in [0.15, 0.2) is 11.0 Å². The van der Waals surface area contributed by atoms with Crippen molar-refractivity contribution in [2.75, 3.05) is 23.7 Å². The zero-order chi connectivity index (χ0) is 26.2. The Morgan fingerprint density at radius 2 is 1.74 bits per heavy atom. The van der Waals surface area contributed by atoms with Gasteiger partial charge in [0, 0.05) is 30.6 Å². The van der Waals surface area contributed by atoms with Gasteiger partial charge in [0.1, 0.15) is 5.01 Å². The molecule has 5 rings (SSSR count). The summed E-state index contributed by atoms with van der Waals surface area (Å²) in [6.07, 6.45) is 7.07. The van der Waals surface area contributed by atoms with E-state index in [4.69, 9.17) is 0 Å². The number of aryl methyl sites for hydroxylation is 2. The smallest absolute Gasteiger partial charge is 0.231 e. The molecule has 0 spiro atoms. The number of carbonyl (C=O) groups excluding carboxylic acids is 2. The minimum atomic E-state index is -0.119. The number of nitrogens with one attached hydrogen (secondary N) is 2. The van der Waals surface area contributed by atoms with Crippen LogP contribution in [0.5, 0.6) is 0 Å². The highest BCUT2D eigenvalue weighted by atomic mass is 32.2. The molecule has 12 heteroatoms. The molecule has 2 amide bonds. The Balaban J connectivity index is 0.992. The van der Waals surface area contributed by atoms with Gasteiger partial charge in [-0.2, -0.15) is 5.10 Å². The summed E-state index contributed by atoms with van der Waals surface area (Å²) in [4.78, 5) is 32.2. The van der Waals surface area contributed by atoms with Crippen molar-refractivity contribution < 1.29 is 9.59 Å².